The average Bonchev–Trinajstić information content (AvgIpc) is 2.23. The lowest BCUT2D eigenvalue weighted by Crippen LogP contribution is -2.39. The Hall–Kier alpha value is -1.13. The number of carbonyl (C=O) groups excluding carboxylic acids is 1. The van der Waals surface area contributed by atoms with Gasteiger partial charge in [0.2, 0.25) is 5.91 Å². The van der Waals surface area contributed by atoms with Crippen LogP contribution in [0.3, 0.4) is 0 Å². The van der Waals surface area contributed by atoms with Gasteiger partial charge < -0.3 is 11.1 Å². The van der Waals surface area contributed by atoms with Crippen molar-refractivity contribution in [3.63, 3.8) is 0 Å². The zero-order valence-electron chi connectivity index (χ0n) is 10.2. The number of hydrogen-bond donors (Lipinski definition) is 2. The number of halogens is 2. The van der Waals surface area contributed by atoms with Crippen LogP contribution in [-0.2, 0) is 4.79 Å². The van der Waals surface area contributed by atoms with Crippen LogP contribution in [0, 0.1) is 18.7 Å². The standard InChI is InChI=1S/C12H17FN2O.ClH/c1-7(2)11(14)12(16)15-10-6-4-5-9(13)8(10)3;/h4-7,11H,14H2,1-3H3,(H,15,16);1H. The van der Waals surface area contributed by atoms with Crippen LogP contribution >= 0.6 is 12.4 Å². The molecule has 0 fully saturated rings. The molecule has 17 heavy (non-hydrogen) atoms. The first-order valence-electron chi connectivity index (χ1n) is 5.25. The van der Waals surface area contributed by atoms with E-state index in [1.165, 1.54) is 6.07 Å². The monoisotopic (exact) mass is 260 g/mol. The van der Waals surface area contributed by atoms with E-state index >= 15 is 0 Å². The molecule has 0 aromatic heterocycles. The summed E-state index contributed by atoms with van der Waals surface area (Å²) in [6.45, 7) is 5.34. The summed E-state index contributed by atoms with van der Waals surface area (Å²) < 4.78 is 13.2. The molecule has 0 aliphatic rings. The minimum Gasteiger partial charge on any atom is -0.324 e. The SMILES string of the molecule is Cc1c(F)cccc1NC(=O)C(N)C(C)C.Cl. The first-order valence-corrected chi connectivity index (χ1v) is 5.25. The van der Waals surface area contributed by atoms with Gasteiger partial charge in [0.15, 0.2) is 0 Å². The third-order valence-electron chi connectivity index (χ3n) is 2.55. The van der Waals surface area contributed by atoms with Gasteiger partial charge in [0.25, 0.3) is 0 Å². The van der Waals surface area contributed by atoms with Gasteiger partial charge in [-0.05, 0) is 25.0 Å². The summed E-state index contributed by atoms with van der Waals surface area (Å²) in [7, 11) is 0. The van der Waals surface area contributed by atoms with Crippen LogP contribution in [-0.4, -0.2) is 11.9 Å². The highest BCUT2D eigenvalue weighted by Crippen LogP contribution is 2.17. The lowest BCUT2D eigenvalue weighted by atomic mass is 10.0. The zero-order valence-corrected chi connectivity index (χ0v) is 11.0. The van der Waals surface area contributed by atoms with Gasteiger partial charge >= 0.3 is 0 Å². The van der Waals surface area contributed by atoms with Crippen LogP contribution in [0.4, 0.5) is 10.1 Å². The first-order chi connectivity index (χ1) is 7.43. The van der Waals surface area contributed by atoms with E-state index in [0.29, 0.717) is 11.3 Å². The smallest absolute Gasteiger partial charge is 0.241 e. The fraction of sp³-hybridized carbons (Fsp3) is 0.417. The Morgan fingerprint density at radius 3 is 2.53 bits per heavy atom. The molecule has 3 nitrogen and oxygen atoms in total. The minimum atomic E-state index is -0.581. The van der Waals surface area contributed by atoms with Gasteiger partial charge in [-0.15, -0.1) is 12.4 Å². The number of rotatable bonds is 3. The highest BCUT2D eigenvalue weighted by atomic mass is 35.5. The fourth-order valence-electron chi connectivity index (χ4n) is 1.26. The lowest BCUT2D eigenvalue weighted by Gasteiger charge is -2.16. The molecule has 1 rings (SSSR count). The van der Waals surface area contributed by atoms with E-state index in [1.54, 1.807) is 19.1 Å². The number of carbonyl (C=O) groups is 1. The molecule has 1 unspecified atom stereocenters. The minimum absolute atomic E-state index is 0. The van der Waals surface area contributed by atoms with Crippen molar-refractivity contribution in [1.82, 2.24) is 0 Å². The predicted octanol–water partition coefficient (Wildman–Crippen LogP) is 2.48. The Kier molecular flexibility index (Phi) is 6.13. The number of nitrogens with two attached hydrogens (primary N) is 1. The second kappa shape index (κ2) is 6.57. The third-order valence-corrected chi connectivity index (χ3v) is 2.55. The van der Waals surface area contributed by atoms with Crippen molar-refractivity contribution in [2.45, 2.75) is 26.8 Å². The van der Waals surface area contributed by atoms with Gasteiger partial charge in [0, 0.05) is 11.3 Å². The molecule has 1 aromatic carbocycles. The molecule has 0 saturated heterocycles. The van der Waals surface area contributed by atoms with E-state index < -0.39 is 6.04 Å². The maximum Gasteiger partial charge on any atom is 0.241 e. The van der Waals surface area contributed by atoms with Gasteiger partial charge in [0.05, 0.1) is 6.04 Å². The van der Waals surface area contributed by atoms with E-state index in [0.717, 1.165) is 0 Å². The highest BCUT2D eigenvalue weighted by molar-refractivity contribution is 5.95. The van der Waals surface area contributed by atoms with E-state index in [-0.39, 0.29) is 30.0 Å². The van der Waals surface area contributed by atoms with Gasteiger partial charge in [-0.3, -0.25) is 4.79 Å². The molecule has 1 aromatic rings. The van der Waals surface area contributed by atoms with Crippen molar-refractivity contribution < 1.29 is 9.18 Å². The summed E-state index contributed by atoms with van der Waals surface area (Å²) >= 11 is 0. The molecular weight excluding hydrogens is 243 g/mol. The molecule has 0 saturated carbocycles. The van der Waals surface area contributed by atoms with Crippen molar-refractivity contribution >= 4 is 24.0 Å². The number of hydrogen-bond acceptors (Lipinski definition) is 2. The third kappa shape index (κ3) is 3.98. The molecule has 0 aliphatic carbocycles. The summed E-state index contributed by atoms with van der Waals surface area (Å²) in [5.41, 5.74) is 6.59. The van der Waals surface area contributed by atoms with Crippen molar-refractivity contribution in [3.8, 4) is 0 Å². The van der Waals surface area contributed by atoms with E-state index in [9.17, 15) is 9.18 Å². The topological polar surface area (TPSA) is 55.1 Å². The summed E-state index contributed by atoms with van der Waals surface area (Å²) in [4.78, 5) is 11.7. The van der Waals surface area contributed by atoms with Crippen molar-refractivity contribution in [3.05, 3.63) is 29.6 Å². The van der Waals surface area contributed by atoms with Crippen LogP contribution in [0.1, 0.15) is 19.4 Å². The van der Waals surface area contributed by atoms with Gasteiger partial charge in [0.1, 0.15) is 5.82 Å². The van der Waals surface area contributed by atoms with Gasteiger partial charge in [-0.2, -0.15) is 0 Å². The lowest BCUT2D eigenvalue weighted by molar-refractivity contribution is -0.118. The van der Waals surface area contributed by atoms with Crippen LogP contribution in [0.15, 0.2) is 18.2 Å². The molecule has 3 N–H and O–H groups in total. The maximum absolute atomic E-state index is 13.2. The number of benzene rings is 1. The van der Waals surface area contributed by atoms with Crippen molar-refractivity contribution in [2.75, 3.05) is 5.32 Å². The van der Waals surface area contributed by atoms with Gasteiger partial charge in [-0.25, -0.2) is 4.39 Å². The molecule has 0 radical (unpaired) electrons. The molecule has 1 atom stereocenters. The number of nitrogens with one attached hydrogen (secondary N) is 1. The van der Waals surface area contributed by atoms with Crippen molar-refractivity contribution in [1.29, 1.82) is 0 Å². The van der Waals surface area contributed by atoms with E-state index in [2.05, 4.69) is 5.32 Å². The van der Waals surface area contributed by atoms with Crippen molar-refractivity contribution in [2.24, 2.45) is 11.7 Å². The molecule has 0 bridgehead atoms. The zero-order chi connectivity index (χ0) is 12.3. The molecular formula is C12H18ClFN2O. The Balaban J connectivity index is 0.00000256. The summed E-state index contributed by atoms with van der Waals surface area (Å²) in [5, 5.41) is 2.63. The molecule has 0 aliphatic heterocycles. The van der Waals surface area contributed by atoms with Crippen LogP contribution in [0.5, 0.6) is 0 Å². The fourth-order valence-corrected chi connectivity index (χ4v) is 1.26. The van der Waals surface area contributed by atoms with E-state index in [1.807, 2.05) is 13.8 Å². The molecule has 1 amide bonds. The average molecular weight is 261 g/mol. The number of anilines is 1. The molecule has 0 heterocycles. The molecule has 0 spiro atoms. The Morgan fingerprint density at radius 2 is 2.00 bits per heavy atom. The first kappa shape index (κ1) is 15.9. The van der Waals surface area contributed by atoms with Crippen LogP contribution in [0.2, 0.25) is 0 Å². The normalized spacial score (nSPS) is 11.9. The maximum atomic E-state index is 13.2. The summed E-state index contributed by atoms with van der Waals surface area (Å²) in [6, 6.07) is 3.98. The molecule has 96 valence electrons. The Labute approximate surface area is 107 Å². The predicted molar refractivity (Wildman–Crippen MR) is 69.8 cm³/mol. The second-order valence-corrected chi connectivity index (χ2v) is 4.17. The highest BCUT2D eigenvalue weighted by Gasteiger charge is 2.18. The quantitative estimate of drug-likeness (QED) is 0.877. The summed E-state index contributed by atoms with van der Waals surface area (Å²) in [5.74, 6) is -0.575. The van der Waals surface area contributed by atoms with Gasteiger partial charge in [-0.1, -0.05) is 19.9 Å². The van der Waals surface area contributed by atoms with Crippen LogP contribution < -0.4 is 11.1 Å². The Bertz CT molecular complexity index is 396. The summed E-state index contributed by atoms with van der Waals surface area (Å²) in [6.07, 6.45) is 0. The molecule has 5 heteroatoms. The second-order valence-electron chi connectivity index (χ2n) is 4.17. The van der Waals surface area contributed by atoms with E-state index in [4.69, 9.17) is 5.73 Å². The van der Waals surface area contributed by atoms with Crippen LogP contribution in [0.25, 0.3) is 0 Å². The Morgan fingerprint density at radius 1 is 1.41 bits per heavy atom. The number of amides is 1. The largest absolute Gasteiger partial charge is 0.324 e.